The summed E-state index contributed by atoms with van der Waals surface area (Å²) in [6, 6.07) is 6.57. The van der Waals surface area contributed by atoms with Gasteiger partial charge in [-0.15, -0.1) is 0 Å². The maximum absolute atomic E-state index is 12.4. The minimum absolute atomic E-state index is 0.0397. The summed E-state index contributed by atoms with van der Waals surface area (Å²) in [5, 5.41) is 9.06. The van der Waals surface area contributed by atoms with Crippen molar-refractivity contribution in [2.24, 2.45) is 5.92 Å². The molecule has 0 radical (unpaired) electrons. The van der Waals surface area contributed by atoms with Gasteiger partial charge in [0.25, 0.3) is 5.91 Å². The Morgan fingerprint density at radius 2 is 1.81 bits per heavy atom. The predicted molar refractivity (Wildman–Crippen MR) is 77.3 cm³/mol. The van der Waals surface area contributed by atoms with Crippen LogP contribution in [0.2, 0.25) is 0 Å². The standard InChI is InChI=1S/C16H19NO4/c1-2-14(18)11-5-7-12(8-6-11)15(19)17-9-3-4-13(10-17)16(20)21/h5-8,13H,2-4,9-10H2,1H3,(H,20,21). The second-order valence-electron chi connectivity index (χ2n) is 5.28. The van der Waals surface area contributed by atoms with Crippen LogP contribution in [0.3, 0.4) is 0 Å². The van der Waals surface area contributed by atoms with Gasteiger partial charge < -0.3 is 10.0 Å². The van der Waals surface area contributed by atoms with E-state index in [0.29, 0.717) is 36.9 Å². The van der Waals surface area contributed by atoms with E-state index in [4.69, 9.17) is 5.11 Å². The molecule has 0 saturated carbocycles. The van der Waals surface area contributed by atoms with Crippen LogP contribution in [0.25, 0.3) is 0 Å². The highest BCUT2D eigenvalue weighted by Crippen LogP contribution is 2.19. The Hall–Kier alpha value is -2.17. The largest absolute Gasteiger partial charge is 0.481 e. The number of nitrogens with zero attached hydrogens (tertiary/aromatic N) is 1. The van der Waals surface area contributed by atoms with Crippen molar-refractivity contribution in [3.8, 4) is 0 Å². The zero-order valence-corrected chi connectivity index (χ0v) is 12.0. The van der Waals surface area contributed by atoms with Crippen molar-refractivity contribution >= 4 is 17.7 Å². The molecule has 21 heavy (non-hydrogen) atoms. The first-order chi connectivity index (χ1) is 10.0. The summed E-state index contributed by atoms with van der Waals surface area (Å²) in [6.07, 6.45) is 1.75. The molecule has 1 aromatic rings. The van der Waals surface area contributed by atoms with Crippen LogP contribution in [0.1, 0.15) is 46.9 Å². The fraction of sp³-hybridized carbons (Fsp3) is 0.438. The number of aliphatic carboxylic acids is 1. The number of Topliss-reactive ketones (excluding diaryl/α,β-unsaturated/α-hetero) is 1. The molecule has 1 atom stereocenters. The lowest BCUT2D eigenvalue weighted by Gasteiger charge is -2.30. The number of carboxylic acid groups (broad SMARTS) is 1. The van der Waals surface area contributed by atoms with Gasteiger partial charge in [-0.1, -0.05) is 19.1 Å². The van der Waals surface area contributed by atoms with Crippen molar-refractivity contribution in [2.45, 2.75) is 26.2 Å². The predicted octanol–water partition coefficient (Wildman–Crippen LogP) is 2.22. The number of piperidine rings is 1. The Labute approximate surface area is 123 Å². The smallest absolute Gasteiger partial charge is 0.308 e. The second kappa shape index (κ2) is 6.52. The number of carboxylic acids is 1. The number of likely N-dealkylation sites (tertiary alicyclic amines) is 1. The number of hydrogen-bond acceptors (Lipinski definition) is 3. The van der Waals surface area contributed by atoms with Crippen LogP contribution in [0.5, 0.6) is 0 Å². The molecule has 112 valence electrons. The molecule has 0 bridgehead atoms. The molecule has 1 aliphatic rings. The summed E-state index contributed by atoms with van der Waals surface area (Å²) in [5.41, 5.74) is 1.09. The number of ketones is 1. The lowest BCUT2D eigenvalue weighted by molar-refractivity contribution is -0.143. The molecule has 5 nitrogen and oxygen atoms in total. The van der Waals surface area contributed by atoms with Gasteiger partial charge in [-0.3, -0.25) is 14.4 Å². The SMILES string of the molecule is CCC(=O)c1ccc(C(=O)N2CCCC(C(=O)O)C2)cc1. The summed E-state index contributed by atoms with van der Waals surface area (Å²) < 4.78 is 0. The highest BCUT2D eigenvalue weighted by molar-refractivity contribution is 5.98. The van der Waals surface area contributed by atoms with E-state index in [1.54, 1.807) is 36.1 Å². The number of benzene rings is 1. The zero-order chi connectivity index (χ0) is 15.4. The third-order valence-corrected chi connectivity index (χ3v) is 3.83. The van der Waals surface area contributed by atoms with E-state index < -0.39 is 11.9 Å². The van der Waals surface area contributed by atoms with Crippen LogP contribution in [0, 0.1) is 5.92 Å². The Kier molecular flexibility index (Phi) is 4.73. The van der Waals surface area contributed by atoms with Crippen molar-refractivity contribution in [1.29, 1.82) is 0 Å². The van der Waals surface area contributed by atoms with Crippen molar-refractivity contribution < 1.29 is 19.5 Å². The molecule has 1 amide bonds. The van der Waals surface area contributed by atoms with E-state index in [1.165, 1.54) is 0 Å². The van der Waals surface area contributed by atoms with Crippen molar-refractivity contribution in [2.75, 3.05) is 13.1 Å². The van der Waals surface area contributed by atoms with Crippen LogP contribution < -0.4 is 0 Å². The van der Waals surface area contributed by atoms with Crippen molar-refractivity contribution in [3.63, 3.8) is 0 Å². The van der Waals surface area contributed by atoms with E-state index in [-0.39, 0.29) is 18.2 Å². The third-order valence-electron chi connectivity index (χ3n) is 3.83. The molecule has 2 rings (SSSR count). The molecular formula is C16H19NO4. The molecule has 0 aliphatic carbocycles. The molecule has 1 saturated heterocycles. The molecular weight excluding hydrogens is 270 g/mol. The van der Waals surface area contributed by atoms with Crippen LogP contribution in [0.4, 0.5) is 0 Å². The quantitative estimate of drug-likeness (QED) is 0.862. The fourth-order valence-corrected chi connectivity index (χ4v) is 2.55. The van der Waals surface area contributed by atoms with Gasteiger partial charge in [0.15, 0.2) is 5.78 Å². The lowest BCUT2D eigenvalue weighted by Crippen LogP contribution is -2.42. The maximum atomic E-state index is 12.4. The molecule has 5 heteroatoms. The van der Waals surface area contributed by atoms with E-state index in [9.17, 15) is 14.4 Å². The molecule has 0 spiro atoms. The lowest BCUT2D eigenvalue weighted by atomic mass is 9.97. The van der Waals surface area contributed by atoms with Gasteiger partial charge in [0.2, 0.25) is 0 Å². The Balaban J connectivity index is 2.09. The number of rotatable bonds is 4. The van der Waals surface area contributed by atoms with Gasteiger partial charge in [-0.05, 0) is 25.0 Å². The van der Waals surface area contributed by atoms with Gasteiger partial charge in [0.1, 0.15) is 0 Å². The average Bonchev–Trinajstić information content (AvgIpc) is 2.53. The maximum Gasteiger partial charge on any atom is 0.308 e. The summed E-state index contributed by atoms with van der Waals surface area (Å²) in [5.74, 6) is -1.46. The van der Waals surface area contributed by atoms with Crippen LogP contribution >= 0.6 is 0 Å². The minimum atomic E-state index is -0.851. The van der Waals surface area contributed by atoms with Gasteiger partial charge in [-0.25, -0.2) is 0 Å². The summed E-state index contributed by atoms with van der Waals surface area (Å²) in [7, 11) is 0. The Morgan fingerprint density at radius 3 is 2.38 bits per heavy atom. The first-order valence-electron chi connectivity index (χ1n) is 7.18. The molecule has 1 N–H and O–H groups in total. The van der Waals surface area contributed by atoms with Crippen LogP contribution in [-0.2, 0) is 4.79 Å². The highest BCUT2D eigenvalue weighted by atomic mass is 16.4. The second-order valence-corrected chi connectivity index (χ2v) is 5.28. The molecule has 1 aromatic carbocycles. The Morgan fingerprint density at radius 1 is 1.19 bits per heavy atom. The minimum Gasteiger partial charge on any atom is -0.481 e. The number of carbonyl (C=O) groups is 3. The van der Waals surface area contributed by atoms with E-state index in [1.807, 2.05) is 0 Å². The summed E-state index contributed by atoms with van der Waals surface area (Å²) in [6.45, 7) is 2.63. The van der Waals surface area contributed by atoms with E-state index in [2.05, 4.69) is 0 Å². The first-order valence-corrected chi connectivity index (χ1v) is 7.18. The van der Waals surface area contributed by atoms with Crippen LogP contribution in [-0.4, -0.2) is 40.8 Å². The average molecular weight is 289 g/mol. The summed E-state index contributed by atoms with van der Waals surface area (Å²) >= 11 is 0. The number of amides is 1. The number of carbonyl (C=O) groups excluding carboxylic acids is 2. The highest BCUT2D eigenvalue weighted by Gasteiger charge is 2.28. The molecule has 1 heterocycles. The van der Waals surface area contributed by atoms with Gasteiger partial charge in [0, 0.05) is 30.6 Å². The molecule has 1 aliphatic heterocycles. The topological polar surface area (TPSA) is 74.7 Å². The van der Waals surface area contributed by atoms with E-state index >= 15 is 0 Å². The first kappa shape index (κ1) is 15.2. The zero-order valence-electron chi connectivity index (χ0n) is 12.0. The van der Waals surface area contributed by atoms with Crippen molar-refractivity contribution in [3.05, 3.63) is 35.4 Å². The fourth-order valence-electron chi connectivity index (χ4n) is 2.55. The summed E-state index contributed by atoms with van der Waals surface area (Å²) in [4.78, 5) is 36.5. The Bertz CT molecular complexity index is 550. The normalized spacial score (nSPS) is 18.3. The van der Waals surface area contributed by atoms with Gasteiger partial charge in [0.05, 0.1) is 5.92 Å². The van der Waals surface area contributed by atoms with E-state index in [0.717, 1.165) is 0 Å². The molecule has 0 aromatic heterocycles. The molecule has 1 unspecified atom stereocenters. The third kappa shape index (κ3) is 3.48. The van der Waals surface area contributed by atoms with Gasteiger partial charge in [-0.2, -0.15) is 0 Å². The van der Waals surface area contributed by atoms with Gasteiger partial charge >= 0.3 is 5.97 Å². The number of hydrogen-bond donors (Lipinski definition) is 1. The molecule has 1 fully saturated rings. The van der Waals surface area contributed by atoms with Crippen molar-refractivity contribution in [1.82, 2.24) is 4.90 Å². The monoisotopic (exact) mass is 289 g/mol. The van der Waals surface area contributed by atoms with Crippen LogP contribution in [0.15, 0.2) is 24.3 Å².